The molecule has 702 valence electrons. The van der Waals surface area contributed by atoms with Gasteiger partial charge in [0.25, 0.3) is 35.4 Å². The Hall–Kier alpha value is -14.3. The topological polar surface area (TPSA) is 304 Å². The normalized spacial score (nSPS) is 17.4. The van der Waals surface area contributed by atoms with Gasteiger partial charge in [0.05, 0.1) is 123 Å². The van der Waals surface area contributed by atoms with Crippen LogP contribution in [-0.2, 0) is 14.4 Å². The molecular formula is C107H119N13O15. The fourth-order valence-electron chi connectivity index (χ4n) is 17.5. The minimum atomic E-state index is -0.290. The lowest BCUT2D eigenvalue weighted by Crippen LogP contribution is -2.32. The second-order valence-electron chi connectivity index (χ2n) is 35.3. The van der Waals surface area contributed by atoms with E-state index in [0.29, 0.717) is 176 Å². The van der Waals surface area contributed by atoms with Gasteiger partial charge in [-0.3, -0.25) is 58.4 Å². The van der Waals surface area contributed by atoms with Gasteiger partial charge in [0.1, 0.15) is 23.0 Å². The molecule has 8 aromatic carbocycles. The number of anilines is 2. The molecule has 0 spiro atoms. The van der Waals surface area contributed by atoms with E-state index in [-0.39, 0.29) is 72.9 Å². The molecule has 9 heterocycles. The number of aliphatic imine (C=N–C) groups is 4. The van der Waals surface area contributed by atoms with Crippen molar-refractivity contribution >= 4 is 123 Å². The molecule has 9 aliphatic rings. The summed E-state index contributed by atoms with van der Waals surface area (Å²) in [5.41, 5.74) is 21.6. The van der Waals surface area contributed by atoms with E-state index in [1.54, 1.807) is 64.3 Å². The number of imide groups is 1. The number of benzene rings is 8. The third-order valence-corrected chi connectivity index (χ3v) is 25.0. The summed E-state index contributed by atoms with van der Waals surface area (Å²) >= 11 is 0. The predicted molar refractivity (Wildman–Crippen MR) is 528 cm³/mol. The zero-order valence-corrected chi connectivity index (χ0v) is 77.2. The van der Waals surface area contributed by atoms with Crippen molar-refractivity contribution in [3.8, 4) is 46.0 Å². The molecule has 0 bridgehead atoms. The molecule has 4 atom stereocenters. The highest BCUT2D eigenvalue weighted by molar-refractivity contribution is 6.13. The van der Waals surface area contributed by atoms with Crippen molar-refractivity contribution in [1.29, 1.82) is 0 Å². The Kier molecular flexibility index (Phi) is 31.1. The number of nitrogens with zero attached hydrogens (tertiary/aromatic N) is 11. The fraction of sp³-hybridized carbons (Fsp3) is 0.355. The van der Waals surface area contributed by atoms with Crippen LogP contribution in [0.2, 0.25) is 0 Å². The van der Waals surface area contributed by atoms with Crippen LogP contribution in [0.5, 0.6) is 46.0 Å². The number of carbonyl (C=O) groups is 7. The Balaban J connectivity index is 0.000000208. The quantitative estimate of drug-likeness (QED) is 0.0205. The summed E-state index contributed by atoms with van der Waals surface area (Å²) in [5.74, 6) is 3.94. The summed E-state index contributed by atoms with van der Waals surface area (Å²) < 4.78 is 48.0. The molecule has 28 heteroatoms. The number of methoxy groups -OCH3 is 2. The van der Waals surface area contributed by atoms with Gasteiger partial charge < -0.3 is 78.3 Å². The minimum absolute atomic E-state index is 0. The second-order valence-corrected chi connectivity index (χ2v) is 35.3. The van der Waals surface area contributed by atoms with E-state index in [4.69, 9.17) is 63.6 Å². The Labute approximate surface area is 789 Å². The Morgan fingerprint density at radius 2 is 0.704 bits per heavy atom. The number of hydrogen-bond acceptors (Lipinski definition) is 22. The molecule has 135 heavy (non-hydrogen) atoms. The third kappa shape index (κ3) is 23.0. The average molecular weight is 1830 g/mol. The molecule has 7 amide bonds. The molecule has 0 aromatic heterocycles. The summed E-state index contributed by atoms with van der Waals surface area (Å²) in [7, 11) is 11.3. The number of unbranched alkanes of at least 4 members (excludes halogenated alkanes) is 6. The predicted octanol–water partition coefficient (Wildman–Crippen LogP) is 18.5. The standard InChI is InChI=1S/C58H63N7O9.C48H52N6O6.CH4/c1-38-28-47-49(59-34-44-30-42(37-64(44)57(47)69)40-15-19-46(20-16-40)72-27-11-23-62(2)3)32-51(38)73-25-9-6-10-26-74-53-33-50-48(31-52(53)71-4)58(70)65-36-41(29-45(65)35-60-50)39-13-17-43(18-14-39)61-54(66)12-7-5-8-24-63-55(67)21-22-56(63)68;1-31-21-40-42(50-27-37-23-35(30-53(37)47(40)55)33-11-15-39(16-12-33)58-20-8-17-52(2)3)25-44(31)59-18-6-5-7-19-60-46-26-43-41(24-45(46)57-4)48(56)54-29-34(22-38(54)28-51-43)32-9-13-36(49)14-10-32;/h13-22,28,31-37,44-45H,5-12,23-27,29-30H2,1-4H3,(H,61,66);9-16,21,24-30,37-38H,5-8,17-20,22-23,49H2,1-4H3;1H4/t44-,45-;37-,38-;/m00./s1. The summed E-state index contributed by atoms with van der Waals surface area (Å²) in [5, 5.41) is 2.94. The van der Waals surface area contributed by atoms with Gasteiger partial charge in [-0.15, -0.1) is 0 Å². The van der Waals surface area contributed by atoms with E-state index >= 15 is 0 Å². The molecule has 0 fully saturated rings. The van der Waals surface area contributed by atoms with Gasteiger partial charge in [-0.05, 0) is 235 Å². The van der Waals surface area contributed by atoms with Crippen LogP contribution in [0.1, 0.15) is 185 Å². The fourth-order valence-corrected chi connectivity index (χ4v) is 17.5. The lowest BCUT2D eigenvalue weighted by molar-refractivity contribution is -0.137. The van der Waals surface area contributed by atoms with E-state index in [2.05, 4.69) is 67.6 Å². The molecule has 28 nitrogen and oxygen atoms in total. The first-order valence-electron chi connectivity index (χ1n) is 46.2. The van der Waals surface area contributed by atoms with Crippen molar-refractivity contribution in [2.75, 3.05) is 113 Å². The van der Waals surface area contributed by atoms with Crippen LogP contribution in [0.15, 0.2) is 203 Å². The van der Waals surface area contributed by atoms with Gasteiger partial charge >= 0.3 is 0 Å². The molecule has 0 saturated carbocycles. The summed E-state index contributed by atoms with van der Waals surface area (Å²) in [4.78, 5) is 123. The average Bonchev–Trinajstić information content (AvgIpc) is 1.64. The van der Waals surface area contributed by atoms with Crippen LogP contribution >= 0.6 is 0 Å². The Bertz CT molecular complexity index is 6020. The maximum atomic E-state index is 14.0. The zero-order valence-electron chi connectivity index (χ0n) is 77.2. The second kappa shape index (κ2) is 44.1. The SMILES string of the molecule is C.COc1cc2c(cc1OCCCCCOc1cc3c(cc1C)C(=O)N1C=C(c4ccc(OCCCN(C)C)cc4)C[C@H]1C=N3)N=C[C@@H]1CC(c3ccc(N)cc3)=CN1C2=O.COc1cc2c(cc1OCCCCCOc1cc3c(cc1C)C(=O)N1C=C(c4ccc(OCCCN(C)C)cc4)C[C@H]1C=N3)N=C[C@@H]1CC(c3ccc(NC(=O)CCCCCN4C(=O)C=CC4=O)cc3)=CN1C2=O. The van der Waals surface area contributed by atoms with Crippen molar-refractivity contribution in [3.63, 3.8) is 0 Å². The van der Waals surface area contributed by atoms with Crippen molar-refractivity contribution < 1.29 is 71.5 Å². The van der Waals surface area contributed by atoms with E-state index in [0.717, 1.165) is 144 Å². The monoisotopic (exact) mass is 1830 g/mol. The number of rotatable bonds is 39. The van der Waals surface area contributed by atoms with Crippen LogP contribution in [0, 0.1) is 13.8 Å². The van der Waals surface area contributed by atoms with Gasteiger partial charge in [-0.25, -0.2) is 0 Å². The molecule has 9 aliphatic heterocycles. The highest BCUT2D eigenvalue weighted by Crippen LogP contribution is 2.45. The molecule has 3 N–H and O–H groups in total. The summed E-state index contributed by atoms with van der Waals surface area (Å²) in [6, 6.07) is 45.1. The van der Waals surface area contributed by atoms with E-state index in [1.807, 2.05) is 154 Å². The Morgan fingerprint density at radius 3 is 1.06 bits per heavy atom. The molecule has 0 unspecified atom stereocenters. The van der Waals surface area contributed by atoms with Crippen LogP contribution in [0.25, 0.3) is 22.3 Å². The smallest absolute Gasteiger partial charge is 0.260 e. The van der Waals surface area contributed by atoms with Gasteiger partial charge in [-0.2, -0.15) is 0 Å². The van der Waals surface area contributed by atoms with Crippen LogP contribution < -0.4 is 48.9 Å². The summed E-state index contributed by atoms with van der Waals surface area (Å²) in [6.07, 6.45) is 29.4. The molecule has 17 rings (SSSR count). The maximum absolute atomic E-state index is 14.0. The minimum Gasteiger partial charge on any atom is -0.494 e. The molecular weight excluding hydrogens is 1710 g/mol. The first-order valence-corrected chi connectivity index (χ1v) is 46.2. The number of ether oxygens (including phenoxy) is 8. The third-order valence-electron chi connectivity index (χ3n) is 25.0. The number of nitrogen functional groups attached to an aromatic ring is 1. The number of amides is 7. The van der Waals surface area contributed by atoms with Crippen molar-refractivity contribution in [2.45, 2.75) is 148 Å². The lowest BCUT2D eigenvalue weighted by atomic mass is 10.0. The highest BCUT2D eigenvalue weighted by atomic mass is 16.5. The van der Waals surface area contributed by atoms with Crippen molar-refractivity contribution in [3.05, 3.63) is 238 Å². The number of fused-ring (bicyclic) bond motifs is 8. The first kappa shape index (κ1) is 95.4. The van der Waals surface area contributed by atoms with Crippen LogP contribution in [0.4, 0.5) is 34.1 Å². The molecule has 0 aliphatic carbocycles. The van der Waals surface area contributed by atoms with Crippen LogP contribution in [-0.4, -0.2) is 226 Å². The lowest BCUT2D eigenvalue weighted by Gasteiger charge is -2.19. The zero-order chi connectivity index (χ0) is 93.5. The van der Waals surface area contributed by atoms with E-state index < -0.39 is 0 Å². The van der Waals surface area contributed by atoms with Crippen LogP contribution in [0.3, 0.4) is 0 Å². The summed E-state index contributed by atoms with van der Waals surface area (Å²) in [6.45, 7) is 9.47. The number of hydrogen-bond donors (Lipinski definition) is 2. The van der Waals surface area contributed by atoms with E-state index in [1.165, 1.54) is 17.1 Å². The van der Waals surface area contributed by atoms with Gasteiger partial charge in [0.15, 0.2) is 23.0 Å². The Morgan fingerprint density at radius 1 is 0.385 bits per heavy atom. The number of aryl methyl sites for hydroxylation is 2. The number of carbonyl (C=O) groups excluding carboxylic acids is 7. The first-order chi connectivity index (χ1) is 65.1. The maximum Gasteiger partial charge on any atom is 0.260 e. The highest BCUT2D eigenvalue weighted by Gasteiger charge is 2.39. The van der Waals surface area contributed by atoms with Crippen molar-refractivity contribution in [2.24, 2.45) is 20.0 Å². The molecule has 0 radical (unpaired) electrons. The van der Waals surface area contributed by atoms with Crippen molar-refractivity contribution in [1.82, 2.24) is 34.3 Å². The molecule has 0 saturated heterocycles. The number of nitrogens with two attached hydrogens (primary N) is 1. The number of nitrogens with one attached hydrogen (secondary N) is 1. The van der Waals surface area contributed by atoms with Gasteiger partial charge in [0.2, 0.25) is 5.91 Å². The van der Waals surface area contributed by atoms with E-state index in [9.17, 15) is 33.6 Å². The largest absolute Gasteiger partial charge is 0.494 e. The molecule has 8 aromatic rings. The van der Waals surface area contributed by atoms with Gasteiger partial charge in [-0.1, -0.05) is 62.4 Å². The van der Waals surface area contributed by atoms with Gasteiger partial charge in [0, 0.05) is 149 Å².